The highest BCUT2D eigenvalue weighted by molar-refractivity contribution is 5.94. The molecular weight excluding hydrogens is 354 g/mol. The Kier molecular flexibility index (Phi) is 5.34. The zero-order chi connectivity index (χ0) is 19.6. The van der Waals surface area contributed by atoms with Gasteiger partial charge in [0.15, 0.2) is 0 Å². The fraction of sp³-hybridized carbons (Fsp3) is 0.316. The number of aryl methyl sites for hydroxylation is 2. The van der Waals surface area contributed by atoms with Crippen molar-refractivity contribution in [2.75, 3.05) is 0 Å². The van der Waals surface area contributed by atoms with Gasteiger partial charge in [-0.25, -0.2) is 13.8 Å². The lowest BCUT2D eigenvalue weighted by Crippen LogP contribution is -2.28. The number of carbonyl (C=O) groups is 1. The van der Waals surface area contributed by atoms with Crippen molar-refractivity contribution in [3.63, 3.8) is 0 Å². The fourth-order valence-electron chi connectivity index (χ4n) is 3.10. The molecule has 1 aromatic heterocycles. The van der Waals surface area contributed by atoms with E-state index in [4.69, 9.17) is 0 Å². The molecule has 8 heteroatoms. The van der Waals surface area contributed by atoms with Gasteiger partial charge in [-0.05, 0) is 37.5 Å². The molecule has 1 aliphatic rings. The van der Waals surface area contributed by atoms with Crippen LogP contribution in [0.15, 0.2) is 46.3 Å². The molecule has 3 rings (SSSR count). The van der Waals surface area contributed by atoms with Gasteiger partial charge in [0.05, 0.1) is 6.04 Å². The Labute approximate surface area is 154 Å². The summed E-state index contributed by atoms with van der Waals surface area (Å²) in [6.07, 6.45) is 2.83. The summed E-state index contributed by atoms with van der Waals surface area (Å²) in [4.78, 5) is 24.3. The Morgan fingerprint density at radius 3 is 2.63 bits per heavy atom. The number of nitrogens with one attached hydrogen (secondary N) is 1. The maximum Gasteiger partial charge on any atom is 0.269 e. The summed E-state index contributed by atoms with van der Waals surface area (Å²) in [5, 5.41) is 8.19. The minimum atomic E-state index is -0.699. The van der Waals surface area contributed by atoms with Crippen molar-refractivity contribution in [2.24, 2.45) is 5.10 Å². The van der Waals surface area contributed by atoms with Crippen LogP contribution in [0.4, 0.5) is 8.78 Å². The van der Waals surface area contributed by atoms with E-state index < -0.39 is 23.6 Å². The lowest BCUT2D eigenvalue weighted by Gasteiger charge is -2.23. The number of aromatic amines is 1. The van der Waals surface area contributed by atoms with Crippen molar-refractivity contribution in [1.82, 2.24) is 14.8 Å². The molecule has 0 saturated carbocycles. The smallest absolute Gasteiger partial charge is 0.269 e. The van der Waals surface area contributed by atoms with Gasteiger partial charge in [0.2, 0.25) is 0 Å². The van der Waals surface area contributed by atoms with Gasteiger partial charge < -0.3 is 5.10 Å². The van der Waals surface area contributed by atoms with Gasteiger partial charge in [0.1, 0.15) is 11.6 Å². The van der Waals surface area contributed by atoms with Crippen LogP contribution < -0.4 is 5.56 Å². The molecule has 1 unspecified atom stereocenters. The Bertz CT molecular complexity index is 941. The van der Waals surface area contributed by atoms with Gasteiger partial charge >= 0.3 is 0 Å². The van der Waals surface area contributed by atoms with Crippen molar-refractivity contribution < 1.29 is 13.6 Å². The number of hydrazone groups is 1. The lowest BCUT2D eigenvalue weighted by molar-refractivity contribution is -0.129. The molecular formula is C19H20F2N4O2. The lowest BCUT2D eigenvalue weighted by atomic mass is 10.0. The summed E-state index contributed by atoms with van der Waals surface area (Å²) in [6.45, 7) is 6.03. The zero-order valence-electron chi connectivity index (χ0n) is 14.9. The Balaban J connectivity index is 1.63. The number of halogens is 2. The molecule has 27 heavy (non-hydrogen) atoms. The highest BCUT2D eigenvalue weighted by Gasteiger charge is 2.30. The molecule has 6 nitrogen and oxygen atoms in total. The molecule has 0 aliphatic carbocycles. The average Bonchev–Trinajstić information content (AvgIpc) is 3.20. The molecule has 142 valence electrons. The monoisotopic (exact) mass is 374 g/mol. The molecule has 1 N–H and O–H groups in total. The van der Waals surface area contributed by atoms with Crippen molar-refractivity contribution in [3.8, 4) is 0 Å². The van der Waals surface area contributed by atoms with Crippen LogP contribution in [0, 0.1) is 18.6 Å². The molecule has 1 amide bonds. The molecule has 1 aromatic carbocycles. The number of benzene rings is 1. The first-order chi connectivity index (χ1) is 12.8. The second kappa shape index (κ2) is 7.69. The van der Waals surface area contributed by atoms with E-state index in [1.54, 1.807) is 13.1 Å². The van der Waals surface area contributed by atoms with E-state index >= 15 is 0 Å². The van der Waals surface area contributed by atoms with Crippen LogP contribution in [0.5, 0.6) is 0 Å². The standard InChI is InChI=1S/C19H20F2N4O2/c1-12(4-3-7-24-18(26)8-13(2)23-24)19(27)25-17(5-6-22-25)14-9-15(20)11-16(21)10-14/h6,8-11,17,23H,1,3-5,7H2,2H3. The number of amides is 1. The number of hydrogen-bond donors (Lipinski definition) is 1. The largest absolute Gasteiger partial charge is 0.300 e. The highest BCUT2D eigenvalue weighted by Crippen LogP contribution is 2.30. The summed E-state index contributed by atoms with van der Waals surface area (Å²) in [5.74, 6) is -1.79. The maximum absolute atomic E-state index is 13.5. The third kappa shape index (κ3) is 4.21. The molecule has 2 heterocycles. The maximum atomic E-state index is 13.5. The van der Waals surface area contributed by atoms with E-state index in [2.05, 4.69) is 16.8 Å². The van der Waals surface area contributed by atoms with E-state index in [-0.39, 0.29) is 5.56 Å². The quantitative estimate of drug-likeness (QED) is 0.790. The topological polar surface area (TPSA) is 70.5 Å². The van der Waals surface area contributed by atoms with E-state index in [0.29, 0.717) is 36.9 Å². The number of hydrogen-bond acceptors (Lipinski definition) is 3. The summed E-state index contributed by atoms with van der Waals surface area (Å²) < 4.78 is 28.5. The van der Waals surface area contributed by atoms with Gasteiger partial charge in [-0.2, -0.15) is 5.10 Å². The molecule has 0 spiro atoms. The number of carbonyl (C=O) groups excluding carboxylic acids is 1. The predicted molar refractivity (Wildman–Crippen MR) is 97.2 cm³/mol. The van der Waals surface area contributed by atoms with Crippen LogP contribution in [-0.2, 0) is 11.3 Å². The summed E-state index contributed by atoms with van der Waals surface area (Å²) in [7, 11) is 0. The molecule has 1 atom stereocenters. The van der Waals surface area contributed by atoms with Crippen molar-refractivity contribution in [3.05, 3.63) is 69.7 Å². The number of rotatable bonds is 6. The molecule has 0 saturated heterocycles. The Morgan fingerprint density at radius 2 is 2.00 bits per heavy atom. The third-order valence-corrected chi connectivity index (χ3v) is 4.39. The van der Waals surface area contributed by atoms with Crippen LogP contribution in [0.3, 0.4) is 0 Å². The van der Waals surface area contributed by atoms with Gasteiger partial charge in [-0.3, -0.25) is 14.3 Å². The number of aromatic nitrogens is 2. The average molecular weight is 374 g/mol. The highest BCUT2D eigenvalue weighted by atomic mass is 19.1. The van der Waals surface area contributed by atoms with Crippen LogP contribution in [0.1, 0.15) is 36.6 Å². The minimum Gasteiger partial charge on any atom is -0.300 e. The van der Waals surface area contributed by atoms with Gasteiger partial charge in [0.25, 0.3) is 11.5 Å². The van der Waals surface area contributed by atoms with Crippen molar-refractivity contribution in [2.45, 2.75) is 38.8 Å². The molecule has 0 bridgehead atoms. The Hall–Kier alpha value is -3.03. The third-order valence-electron chi connectivity index (χ3n) is 4.39. The SMILES string of the molecule is C=C(CCCn1[nH]c(C)cc1=O)C(=O)N1N=CCC1c1cc(F)cc(F)c1. The van der Waals surface area contributed by atoms with Gasteiger partial charge in [0, 0.05) is 42.6 Å². The first-order valence-electron chi connectivity index (χ1n) is 8.61. The van der Waals surface area contributed by atoms with Crippen LogP contribution >= 0.6 is 0 Å². The predicted octanol–water partition coefficient (Wildman–Crippen LogP) is 3.06. The summed E-state index contributed by atoms with van der Waals surface area (Å²) >= 11 is 0. The normalized spacial score (nSPS) is 16.1. The first kappa shape index (κ1) is 18.8. The molecule has 2 aromatic rings. The van der Waals surface area contributed by atoms with Gasteiger partial charge in [-0.1, -0.05) is 6.58 Å². The molecule has 0 radical (unpaired) electrons. The van der Waals surface area contributed by atoms with E-state index in [1.807, 2.05) is 0 Å². The molecule has 0 fully saturated rings. The second-order valence-electron chi connectivity index (χ2n) is 6.54. The Morgan fingerprint density at radius 1 is 1.30 bits per heavy atom. The molecule has 1 aliphatic heterocycles. The number of nitrogens with zero attached hydrogens (tertiary/aromatic N) is 3. The van der Waals surface area contributed by atoms with E-state index in [0.717, 1.165) is 11.8 Å². The van der Waals surface area contributed by atoms with Crippen molar-refractivity contribution in [1.29, 1.82) is 0 Å². The number of H-pyrrole nitrogens is 1. The summed E-state index contributed by atoms with van der Waals surface area (Å²) in [5.41, 5.74) is 1.32. The van der Waals surface area contributed by atoms with Crippen molar-refractivity contribution >= 4 is 12.1 Å². The van der Waals surface area contributed by atoms with Crippen LogP contribution in [0.2, 0.25) is 0 Å². The van der Waals surface area contributed by atoms with Crippen LogP contribution in [0.25, 0.3) is 0 Å². The van der Waals surface area contributed by atoms with Crippen LogP contribution in [-0.4, -0.2) is 26.9 Å². The first-order valence-corrected chi connectivity index (χ1v) is 8.61. The van der Waals surface area contributed by atoms with E-state index in [1.165, 1.54) is 27.9 Å². The second-order valence-corrected chi connectivity index (χ2v) is 6.54. The zero-order valence-corrected chi connectivity index (χ0v) is 14.9. The van der Waals surface area contributed by atoms with E-state index in [9.17, 15) is 18.4 Å². The minimum absolute atomic E-state index is 0.123. The fourth-order valence-corrected chi connectivity index (χ4v) is 3.10. The van der Waals surface area contributed by atoms with Gasteiger partial charge in [-0.15, -0.1) is 0 Å². The summed E-state index contributed by atoms with van der Waals surface area (Å²) in [6, 6.07) is 4.13.